The molecule has 1 amide bonds. The molecule has 2 aliphatic rings. The third kappa shape index (κ3) is 3.42. The summed E-state index contributed by atoms with van der Waals surface area (Å²) >= 11 is 8.57. The Balaban J connectivity index is 1.57. The number of benzene rings is 2. The molecule has 184 valence electrons. The molecule has 4 aromatic rings. The van der Waals surface area contributed by atoms with Crippen molar-refractivity contribution in [1.82, 2.24) is 24.6 Å². The van der Waals surface area contributed by atoms with Gasteiger partial charge in [-0.05, 0) is 30.7 Å². The molecule has 0 saturated carbocycles. The summed E-state index contributed by atoms with van der Waals surface area (Å²) in [6.07, 6.45) is 2.91. The fourth-order valence-corrected chi connectivity index (χ4v) is 6.80. The number of nitrogens with zero attached hydrogens (tertiary/aromatic N) is 5. The number of anilines is 1. The van der Waals surface area contributed by atoms with Crippen LogP contribution >= 0.6 is 23.4 Å². The minimum atomic E-state index is -0.393. The van der Waals surface area contributed by atoms with E-state index in [0.717, 1.165) is 26.9 Å². The van der Waals surface area contributed by atoms with Gasteiger partial charge in [0.05, 0.1) is 16.7 Å². The Bertz CT molecular complexity index is 1630. The number of piperazine rings is 1. The minimum Gasteiger partial charge on any atom is -0.350 e. The number of amides is 1. The first kappa shape index (κ1) is 23.1. The van der Waals surface area contributed by atoms with Crippen molar-refractivity contribution in [2.24, 2.45) is 0 Å². The Labute approximate surface area is 214 Å². The van der Waals surface area contributed by atoms with E-state index in [2.05, 4.69) is 26.7 Å². The lowest BCUT2D eigenvalue weighted by molar-refractivity contribution is -0.126. The largest absolute Gasteiger partial charge is 0.350 e. The number of aromatic amines is 1. The Hall–Kier alpha value is -3.37. The topological polar surface area (TPSA) is 87.1 Å². The van der Waals surface area contributed by atoms with E-state index in [1.165, 1.54) is 12.1 Å². The number of H-pyrrole nitrogens is 1. The second kappa shape index (κ2) is 8.63. The van der Waals surface area contributed by atoms with E-state index < -0.39 is 5.82 Å². The number of nitrogens with one attached hydrogen (secondary N) is 1. The number of carbonyl (C=O) groups excluding carboxylic acids is 1. The molecule has 0 spiro atoms. The van der Waals surface area contributed by atoms with E-state index in [1.54, 1.807) is 33.5 Å². The van der Waals surface area contributed by atoms with E-state index in [0.29, 0.717) is 53.7 Å². The molecule has 36 heavy (non-hydrogen) atoms. The van der Waals surface area contributed by atoms with Crippen molar-refractivity contribution in [2.75, 3.05) is 30.3 Å². The SMILES string of the molecule is C=CC(=O)N1CCN(c2nc(=O)n3c4c(c(-c5ccc(F)c6[nH]ncc56)c(Cl)cc24)SCC3)[C@@H](C)C1. The quantitative estimate of drug-likeness (QED) is 0.407. The zero-order valence-electron chi connectivity index (χ0n) is 19.4. The van der Waals surface area contributed by atoms with Crippen LogP contribution in [0.2, 0.25) is 5.02 Å². The third-order valence-corrected chi connectivity index (χ3v) is 8.30. The Kier molecular flexibility index (Phi) is 5.53. The van der Waals surface area contributed by atoms with Crippen molar-refractivity contribution in [1.29, 1.82) is 0 Å². The van der Waals surface area contributed by atoms with Crippen molar-refractivity contribution in [3.8, 4) is 11.1 Å². The summed E-state index contributed by atoms with van der Waals surface area (Å²) in [5.74, 6) is 0.746. The van der Waals surface area contributed by atoms with E-state index in [9.17, 15) is 14.0 Å². The molecule has 11 heteroatoms. The lowest BCUT2D eigenvalue weighted by atomic mass is 9.99. The zero-order chi connectivity index (χ0) is 25.1. The van der Waals surface area contributed by atoms with Crippen LogP contribution in [-0.2, 0) is 11.3 Å². The molecule has 0 bridgehead atoms. The van der Waals surface area contributed by atoms with Gasteiger partial charge < -0.3 is 9.80 Å². The molecule has 1 N–H and O–H groups in total. The molecule has 6 rings (SSSR count). The van der Waals surface area contributed by atoms with Crippen LogP contribution < -0.4 is 10.6 Å². The van der Waals surface area contributed by atoms with Gasteiger partial charge in [0.25, 0.3) is 0 Å². The van der Waals surface area contributed by atoms with Crippen molar-refractivity contribution >= 4 is 56.9 Å². The van der Waals surface area contributed by atoms with Crippen molar-refractivity contribution in [2.45, 2.75) is 24.4 Å². The van der Waals surface area contributed by atoms with Crippen LogP contribution in [0.15, 0.2) is 46.7 Å². The summed E-state index contributed by atoms with van der Waals surface area (Å²) in [6.45, 7) is 7.65. The van der Waals surface area contributed by atoms with Crippen LogP contribution in [0, 0.1) is 5.82 Å². The lowest BCUT2D eigenvalue weighted by Gasteiger charge is -2.40. The Morgan fingerprint density at radius 1 is 1.31 bits per heavy atom. The first-order valence-electron chi connectivity index (χ1n) is 11.6. The van der Waals surface area contributed by atoms with Gasteiger partial charge in [0.1, 0.15) is 17.2 Å². The number of halogens is 2. The number of rotatable bonds is 3. The predicted molar refractivity (Wildman–Crippen MR) is 140 cm³/mol. The van der Waals surface area contributed by atoms with Gasteiger partial charge in [0.15, 0.2) is 0 Å². The van der Waals surface area contributed by atoms with Crippen LogP contribution in [0.5, 0.6) is 0 Å². The van der Waals surface area contributed by atoms with Gasteiger partial charge in [-0.15, -0.1) is 11.8 Å². The predicted octanol–water partition coefficient (Wildman–Crippen LogP) is 4.06. The smallest absolute Gasteiger partial charge is 0.350 e. The van der Waals surface area contributed by atoms with Crippen LogP contribution in [-0.4, -0.2) is 62.0 Å². The second-order valence-electron chi connectivity index (χ2n) is 8.96. The van der Waals surface area contributed by atoms with Gasteiger partial charge in [-0.25, -0.2) is 9.18 Å². The first-order valence-corrected chi connectivity index (χ1v) is 12.9. The van der Waals surface area contributed by atoms with Gasteiger partial charge in [0.2, 0.25) is 5.91 Å². The average Bonchev–Trinajstić information content (AvgIpc) is 3.38. The van der Waals surface area contributed by atoms with Gasteiger partial charge in [-0.2, -0.15) is 10.1 Å². The summed E-state index contributed by atoms with van der Waals surface area (Å²) in [4.78, 5) is 34.5. The number of carbonyl (C=O) groups is 1. The molecule has 1 saturated heterocycles. The zero-order valence-corrected chi connectivity index (χ0v) is 21.0. The van der Waals surface area contributed by atoms with E-state index in [4.69, 9.17) is 11.6 Å². The van der Waals surface area contributed by atoms with Crippen LogP contribution in [0.1, 0.15) is 6.92 Å². The summed E-state index contributed by atoms with van der Waals surface area (Å²) < 4.78 is 16.1. The molecule has 0 aliphatic carbocycles. The number of aryl methyl sites for hydroxylation is 1. The highest BCUT2D eigenvalue weighted by Crippen LogP contribution is 2.47. The molecule has 8 nitrogen and oxygen atoms in total. The fourth-order valence-electron chi connectivity index (χ4n) is 5.24. The maximum atomic E-state index is 14.4. The van der Waals surface area contributed by atoms with Crippen molar-refractivity contribution in [3.63, 3.8) is 0 Å². The van der Waals surface area contributed by atoms with Gasteiger partial charge >= 0.3 is 5.69 Å². The molecule has 4 heterocycles. The van der Waals surface area contributed by atoms with E-state index >= 15 is 0 Å². The van der Waals surface area contributed by atoms with E-state index in [1.807, 2.05) is 13.0 Å². The highest BCUT2D eigenvalue weighted by molar-refractivity contribution is 7.99. The summed E-state index contributed by atoms with van der Waals surface area (Å²) in [5.41, 5.74) is 2.26. The number of aromatic nitrogens is 4. The van der Waals surface area contributed by atoms with Crippen molar-refractivity contribution in [3.05, 3.63) is 58.4 Å². The maximum Gasteiger partial charge on any atom is 0.350 e. The second-order valence-corrected chi connectivity index (χ2v) is 10.5. The molecule has 0 unspecified atom stereocenters. The van der Waals surface area contributed by atoms with E-state index in [-0.39, 0.29) is 17.6 Å². The highest BCUT2D eigenvalue weighted by Gasteiger charge is 2.31. The van der Waals surface area contributed by atoms with Crippen LogP contribution in [0.4, 0.5) is 10.2 Å². The molecule has 2 aromatic carbocycles. The maximum absolute atomic E-state index is 14.4. The monoisotopic (exact) mass is 524 g/mol. The number of fused-ring (bicyclic) bond motifs is 1. The Morgan fingerprint density at radius 3 is 2.92 bits per heavy atom. The molecular formula is C25H22ClFN6O2S. The third-order valence-electron chi connectivity index (χ3n) is 6.93. The summed E-state index contributed by atoms with van der Waals surface area (Å²) in [6, 6.07) is 4.89. The van der Waals surface area contributed by atoms with Crippen LogP contribution in [0.25, 0.3) is 32.9 Å². The molecular weight excluding hydrogens is 503 g/mol. The van der Waals surface area contributed by atoms with Gasteiger partial charge in [-0.1, -0.05) is 24.2 Å². The highest BCUT2D eigenvalue weighted by atomic mass is 35.5. The standard InChI is InChI=1S/C25H22ClFN6O2S/c1-3-19(34)31-6-7-32(13(2)12-31)24-15-10-17(26)20(14-4-5-18(27)21-16(14)11-28-30-21)23-22(15)33(8-9-36-23)25(35)29-24/h3-5,10-11,13H,1,6-9,12H2,2H3,(H,28,30)/t13-/m0/s1. The van der Waals surface area contributed by atoms with Gasteiger partial charge in [0, 0.05) is 59.2 Å². The number of hydrogen-bond donors (Lipinski definition) is 1. The number of thioether (sulfide) groups is 1. The molecule has 2 aromatic heterocycles. The average molecular weight is 525 g/mol. The molecule has 0 radical (unpaired) electrons. The van der Waals surface area contributed by atoms with Crippen molar-refractivity contribution < 1.29 is 9.18 Å². The minimum absolute atomic E-state index is 0.0613. The first-order chi connectivity index (χ1) is 17.4. The fraction of sp³-hybridized carbons (Fsp3) is 0.280. The lowest BCUT2D eigenvalue weighted by Crippen LogP contribution is -2.54. The molecule has 1 fully saturated rings. The molecule has 2 aliphatic heterocycles. The Morgan fingerprint density at radius 2 is 2.14 bits per heavy atom. The number of hydrogen-bond acceptors (Lipinski definition) is 6. The summed E-state index contributed by atoms with van der Waals surface area (Å²) in [5, 5.41) is 8.64. The molecule has 1 atom stereocenters. The summed E-state index contributed by atoms with van der Waals surface area (Å²) in [7, 11) is 0. The normalized spacial score (nSPS) is 17.7. The van der Waals surface area contributed by atoms with Gasteiger partial charge in [-0.3, -0.25) is 14.5 Å². The van der Waals surface area contributed by atoms with Crippen LogP contribution in [0.3, 0.4) is 0 Å².